The maximum Gasteiger partial charge on any atom is 0.220 e. The smallest absolute Gasteiger partial charge is 0.220 e. The molecule has 3 aliphatic heterocycles. The summed E-state index contributed by atoms with van der Waals surface area (Å²) in [6, 6.07) is -0.886. The Hall–Kier alpha value is -3.29. The Morgan fingerprint density at radius 3 is 1.19 bits per heavy atom. The Bertz CT molecular complexity index is 1990. The first-order chi connectivity index (χ1) is 43.3. The monoisotopic (exact) mass is 1260 g/mol. The molecule has 0 bridgehead atoms. The number of hydrogen-bond donors (Lipinski definition) is 12. The molecule has 0 aromatic rings. The molecule has 19 heteroatoms. The molecule has 3 heterocycles. The highest BCUT2D eigenvalue weighted by molar-refractivity contribution is 5.76. The van der Waals surface area contributed by atoms with E-state index < -0.39 is 124 Å². The maximum absolute atomic E-state index is 13.2. The summed E-state index contributed by atoms with van der Waals surface area (Å²) in [6.45, 7) is 1.47. The van der Waals surface area contributed by atoms with Gasteiger partial charge in [-0.2, -0.15) is 0 Å². The molecule has 19 nitrogen and oxygen atoms in total. The SMILES string of the molecule is CC/C=C\C/C=C\C/C=C\C/C=C\C/C=C\C/C=C\C/C=C\C/C=C\CCCCCCCCCCCCCCCCCCC(=O)NC(COC1OC(CO)C(OC2OC(CO)C(OC3OC(CO)C(O)C(O)C3O)C(O)C2O)C(O)C1O)C(O)CCCCC. The number of amides is 1. The second-order valence-corrected chi connectivity index (χ2v) is 23.9. The second kappa shape index (κ2) is 51.2. The first kappa shape index (κ1) is 79.9. The highest BCUT2D eigenvalue weighted by Gasteiger charge is 2.53. The van der Waals surface area contributed by atoms with Crippen molar-refractivity contribution >= 4 is 5.91 Å². The zero-order valence-electron chi connectivity index (χ0n) is 53.9. The third kappa shape index (κ3) is 33.4. The topological polar surface area (TPSA) is 307 Å². The van der Waals surface area contributed by atoms with E-state index in [-0.39, 0.29) is 18.9 Å². The van der Waals surface area contributed by atoms with Gasteiger partial charge in [0.2, 0.25) is 5.91 Å². The Labute approximate surface area is 533 Å². The van der Waals surface area contributed by atoms with Crippen molar-refractivity contribution in [3.63, 3.8) is 0 Å². The van der Waals surface area contributed by atoms with E-state index in [4.69, 9.17) is 28.4 Å². The van der Waals surface area contributed by atoms with Crippen LogP contribution in [0.25, 0.3) is 0 Å². The van der Waals surface area contributed by atoms with Gasteiger partial charge in [0.05, 0.1) is 38.6 Å². The molecule has 3 fully saturated rings. The fourth-order valence-corrected chi connectivity index (χ4v) is 10.9. The predicted octanol–water partition coefficient (Wildman–Crippen LogP) is 8.49. The van der Waals surface area contributed by atoms with Crippen molar-refractivity contribution in [2.45, 2.75) is 311 Å². The van der Waals surface area contributed by atoms with Crippen molar-refractivity contribution < 1.29 is 89.4 Å². The number of aliphatic hydroxyl groups is 11. The van der Waals surface area contributed by atoms with Crippen molar-refractivity contribution in [2.24, 2.45) is 0 Å². The average molecular weight is 1260 g/mol. The summed E-state index contributed by atoms with van der Waals surface area (Å²) in [5, 5.41) is 119. The van der Waals surface area contributed by atoms with Crippen LogP contribution in [0.4, 0.5) is 0 Å². The van der Waals surface area contributed by atoms with Gasteiger partial charge in [-0.15, -0.1) is 0 Å². The Kier molecular flexibility index (Phi) is 46.0. The highest BCUT2D eigenvalue weighted by Crippen LogP contribution is 2.33. The van der Waals surface area contributed by atoms with E-state index in [0.717, 1.165) is 83.5 Å². The molecular weight excluding hydrogens is 1140 g/mol. The molecule has 0 aromatic carbocycles. The van der Waals surface area contributed by atoms with Crippen LogP contribution in [0.1, 0.15) is 206 Å². The molecule has 0 radical (unpaired) electrons. The number of carbonyl (C=O) groups is 1. The number of nitrogens with one attached hydrogen (secondary N) is 1. The molecule has 0 spiro atoms. The number of aliphatic hydroxyl groups excluding tert-OH is 11. The van der Waals surface area contributed by atoms with Gasteiger partial charge in [0.1, 0.15) is 73.2 Å². The summed E-state index contributed by atoms with van der Waals surface area (Å²) in [5.41, 5.74) is 0. The lowest BCUT2D eigenvalue weighted by molar-refractivity contribution is -0.379. The summed E-state index contributed by atoms with van der Waals surface area (Å²) in [5.74, 6) is -0.258. The van der Waals surface area contributed by atoms with Crippen LogP contribution in [0.2, 0.25) is 0 Å². The summed E-state index contributed by atoms with van der Waals surface area (Å²) in [7, 11) is 0. The van der Waals surface area contributed by atoms with Gasteiger partial charge in [-0.1, -0.05) is 220 Å². The summed E-state index contributed by atoms with van der Waals surface area (Å²) < 4.78 is 34.1. The number of rotatable bonds is 50. The van der Waals surface area contributed by atoms with E-state index >= 15 is 0 Å². The van der Waals surface area contributed by atoms with Crippen molar-refractivity contribution in [2.75, 3.05) is 26.4 Å². The summed E-state index contributed by atoms with van der Waals surface area (Å²) in [6.07, 6.45) is 40.9. The number of ether oxygens (including phenoxy) is 6. The minimum absolute atomic E-state index is 0.258. The van der Waals surface area contributed by atoms with Crippen LogP contribution in [0.3, 0.4) is 0 Å². The molecule has 0 aliphatic carbocycles. The zero-order chi connectivity index (χ0) is 64.7. The molecule has 89 heavy (non-hydrogen) atoms. The molecule has 3 aliphatic rings. The van der Waals surface area contributed by atoms with E-state index in [1.54, 1.807) is 0 Å². The predicted molar refractivity (Wildman–Crippen MR) is 346 cm³/mol. The minimum Gasteiger partial charge on any atom is -0.394 e. The van der Waals surface area contributed by atoms with Crippen molar-refractivity contribution in [3.8, 4) is 0 Å². The first-order valence-corrected chi connectivity index (χ1v) is 34.0. The molecular formula is C70H119NO18. The normalized spacial score (nSPS) is 28.8. The number of carbonyl (C=O) groups excluding carboxylic acids is 1. The van der Waals surface area contributed by atoms with Gasteiger partial charge in [0.25, 0.3) is 0 Å². The fraction of sp³-hybridized carbons (Fsp3) is 0.757. The van der Waals surface area contributed by atoms with Crippen LogP contribution >= 0.6 is 0 Å². The van der Waals surface area contributed by atoms with Crippen LogP contribution < -0.4 is 5.32 Å². The van der Waals surface area contributed by atoms with E-state index in [0.29, 0.717) is 19.3 Å². The average Bonchev–Trinajstić information content (AvgIpc) is 1.74. The lowest BCUT2D eigenvalue weighted by atomic mass is 9.96. The molecule has 512 valence electrons. The summed E-state index contributed by atoms with van der Waals surface area (Å²) in [4.78, 5) is 13.2. The molecule has 0 saturated carbocycles. The zero-order valence-corrected chi connectivity index (χ0v) is 53.9. The van der Waals surface area contributed by atoms with E-state index in [9.17, 15) is 61.0 Å². The molecule has 0 aromatic heterocycles. The van der Waals surface area contributed by atoms with Gasteiger partial charge in [-0.3, -0.25) is 4.79 Å². The minimum atomic E-state index is -1.97. The van der Waals surface area contributed by atoms with Crippen molar-refractivity contribution in [1.82, 2.24) is 5.32 Å². The second-order valence-electron chi connectivity index (χ2n) is 23.9. The lowest BCUT2D eigenvalue weighted by Crippen LogP contribution is -2.66. The molecule has 12 N–H and O–H groups in total. The van der Waals surface area contributed by atoms with Crippen LogP contribution in [0.15, 0.2) is 97.2 Å². The van der Waals surface area contributed by atoms with Gasteiger partial charge < -0.3 is 89.9 Å². The Balaban J connectivity index is 1.20. The van der Waals surface area contributed by atoms with Gasteiger partial charge in [0, 0.05) is 6.42 Å². The number of hydrogen-bond acceptors (Lipinski definition) is 18. The van der Waals surface area contributed by atoms with Gasteiger partial charge in [0.15, 0.2) is 18.9 Å². The Morgan fingerprint density at radius 2 is 0.775 bits per heavy atom. The Morgan fingerprint density at radius 1 is 0.416 bits per heavy atom. The largest absolute Gasteiger partial charge is 0.394 e. The first-order valence-electron chi connectivity index (χ1n) is 34.0. The number of unbranched alkanes of at least 4 members (excludes halogenated alkanes) is 18. The van der Waals surface area contributed by atoms with E-state index in [1.165, 1.54) is 83.5 Å². The van der Waals surface area contributed by atoms with Crippen LogP contribution in [0, 0.1) is 0 Å². The van der Waals surface area contributed by atoms with Crippen molar-refractivity contribution in [3.05, 3.63) is 97.2 Å². The third-order valence-electron chi connectivity index (χ3n) is 16.4. The van der Waals surface area contributed by atoms with Gasteiger partial charge in [-0.25, -0.2) is 0 Å². The number of allylic oxidation sites excluding steroid dienone is 16. The van der Waals surface area contributed by atoms with Crippen LogP contribution in [-0.4, -0.2) is 193 Å². The fourth-order valence-electron chi connectivity index (χ4n) is 10.9. The van der Waals surface area contributed by atoms with Crippen LogP contribution in [0.5, 0.6) is 0 Å². The van der Waals surface area contributed by atoms with Crippen molar-refractivity contribution in [1.29, 1.82) is 0 Å². The highest BCUT2D eigenvalue weighted by atomic mass is 16.8. The molecule has 3 saturated heterocycles. The van der Waals surface area contributed by atoms with E-state index in [1.807, 2.05) is 6.92 Å². The standard InChI is InChI=1S/C70H119NO18/c1-3-5-7-8-9-10-11-12-13-14-15-16-17-18-19-20-21-22-23-24-25-26-27-28-29-30-31-32-33-34-35-36-37-38-39-40-41-42-43-44-46-48-58(76)71-53(54(75)47-45-6-4-2)52-84-68-64(82)61(79)66(56(50-73)86-68)89-70-65(83)62(80)67(57(51-74)87-70)88-69-63(81)60(78)59(77)55(49-72)85-69/h5,7,9-10,12-13,15-16,18-19,21-22,24-25,27-28,53-57,59-70,72-75,77-83H,3-4,6,8,11,14,17,20,23,26,29-52H2,1-2H3,(H,71,76)/b7-5-,10-9-,13-12-,16-15-,19-18-,22-21-,25-24-,28-27-. The third-order valence-corrected chi connectivity index (χ3v) is 16.4. The quantitative estimate of drug-likeness (QED) is 0.0201. The molecule has 17 unspecified atom stereocenters. The van der Waals surface area contributed by atoms with Gasteiger partial charge >= 0.3 is 0 Å². The summed E-state index contributed by atoms with van der Waals surface area (Å²) >= 11 is 0. The molecule has 1 amide bonds. The maximum atomic E-state index is 13.2. The lowest BCUT2D eigenvalue weighted by Gasteiger charge is -2.48. The molecule has 17 atom stereocenters. The van der Waals surface area contributed by atoms with Crippen LogP contribution in [-0.2, 0) is 33.2 Å². The molecule has 3 rings (SSSR count). The van der Waals surface area contributed by atoms with Gasteiger partial charge in [-0.05, 0) is 77.0 Å². The van der Waals surface area contributed by atoms with E-state index in [2.05, 4.69) is 109 Å².